The van der Waals surface area contributed by atoms with Crippen LogP contribution >= 0.6 is 23.8 Å². The molecule has 44 heavy (non-hydrogen) atoms. The van der Waals surface area contributed by atoms with Crippen molar-refractivity contribution in [2.45, 2.75) is 75.0 Å². The minimum absolute atomic E-state index is 0. The maximum atomic E-state index is 4.83. The van der Waals surface area contributed by atoms with Crippen LogP contribution in [0.5, 0.6) is 0 Å². The van der Waals surface area contributed by atoms with Crippen molar-refractivity contribution in [3.05, 3.63) is 91.0 Å². The molecule has 0 atom stereocenters. The minimum Gasteiger partial charge on any atom is 1.00 e. The third kappa shape index (κ3) is 28.4. The van der Waals surface area contributed by atoms with E-state index in [1.165, 1.54) is 37.0 Å². The summed E-state index contributed by atoms with van der Waals surface area (Å²) in [6, 6.07) is 32.7. The van der Waals surface area contributed by atoms with E-state index in [1.54, 1.807) is 15.9 Å². The largest absolute Gasteiger partial charge is 1.00 e. The Hall–Kier alpha value is 0.166. The van der Waals surface area contributed by atoms with Crippen LogP contribution in [-0.2, 0) is 21.8 Å². The van der Waals surface area contributed by atoms with Crippen molar-refractivity contribution in [3.63, 3.8) is 0 Å². The van der Waals surface area contributed by atoms with Crippen LogP contribution in [0.2, 0.25) is 19.6 Å². The predicted octanol–water partition coefficient (Wildman–Crippen LogP) is 9.73. The van der Waals surface area contributed by atoms with Crippen LogP contribution in [0.1, 0.15) is 55.4 Å². The van der Waals surface area contributed by atoms with E-state index in [4.69, 9.17) is 4.74 Å². The van der Waals surface area contributed by atoms with Crippen molar-refractivity contribution in [1.29, 1.82) is 0 Å². The molecule has 254 valence electrons. The van der Waals surface area contributed by atoms with E-state index < -0.39 is 6.68 Å². The van der Waals surface area contributed by atoms with Gasteiger partial charge in [0.15, 0.2) is 0 Å². The van der Waals surface area contributed by atoms with Gasteiger partial charge in [0.1, 0.15) is 0 Å². The maximum Gasteiger partial charge on any atom is 1.00 e. The molecule has 0 aliphatic heterocycles. The molecule has 0 aliphatic carbocycles. The Kier molecular flexibility index (Phi) is 36.5. The monoisotopic (exact) mass is 791 g/mol. The van der Waals surface area contributed by atoms with Gasteiger partial charge < -0.3 is 4.74 Å². The van der Waals surface area contributed by atoms with Gasteiger partial charge in [-0.2, -0.15) is 0 Å². The third-order valence-corrected chi connectivity index (χ3v) is 15.1. The fourth-order valence-corrected chi connectivity index (χ4v) is 10.1. The summed E-state index contributed by atoms with van der Waals surface area (Å²) in [6.07, 6.45) is 8.11. The zero-order valence-electron chi connectivity index (χ0n) is 29.9. The van der Waals surface area contributed by atoms with E-state index in [2.05, 4.69) is 168 Å². The van der Waals surface area contributed by atoms with Crippen molar-refractivity contribution >= 4 is 61.7 Å². The number of hydrogen-bond acceptors (Lipinski definition) is 1. The normalized spacial score (nSPS) is 10.2. The molecule has 0 amide bonds. The van der Waals surface area contributed by atoms with Crippen LogP contribution in [-0.4, -0.2) is 72.2 Å². The van der Waals surface area contributed by atoms with Gasteiger partial charge >= 0.3 is 58.8 Å². The first-order valence-corrected chi connectivity index (χ1v) is 28.3. The summed E-state index contributed by atoms with van der Waals surface area (Å²) in [7, 11) is -0.603. The third-order valence-electron chi connectivity index (χ3n) is 6.52. The topological polar surface area (TPSA) is 9.23 Å². The molecule has 0 saturated heterocycles. The summed E-state index contributed by atoms with van der Waals surface area (Å²) in [5.74, 6) is 0. The van der Waals surface area contributed by atoms with Crippen LogP contribution in [0.3, 0.4) is 0 Å². The zero-order valence-corrected chi connectivity index (χ0v) is 36.6. The van der Waals surface area contributed by atoms with Crippen molar-refractivity contribution in [1.82, 2.24) is 0 Å². The molecule has 0 aliphatic rings. The van der Waals surface area contributed by atoms with Gasteiger partial charge in [-0.05, 0) is 91.8 Å². The van der Waals surface area contributed by atoms with Gasteiger partial charge in [0.2, 0.25) is 0 Å². The first kappa shape index (κ1) is 48.6. The molecule has 0 spiro atoms. The Morgan fingerprint density at radius 2 is 0.636 bits per heavy atom. The number of rotatable bonds is 11. The summed E-state index contributed by atoms with van der Waals surface area (Å²) < 4.78 is 4.83. The maximum absolute atomic E-state index is 4.83. The molecule has 3 rings (SSSR count). The number of hydrogen-bond donors (Lipinski definition) is 0. The summed E-state index contributed by atoms with van der Waals surface area (Å²) in [4.78, 5) is 0. The van der Waals surface area contributed by atoms with E-state index in [1.807, 2.05) is 13.8 Å². The average molecular weight is 791 g/mol. The Bertz CT molecular complexity index is 830. The molecule has 0 unspecified atom stereocenters. The Morgan fingerprint density at radius 1 is 0.455 bits per heavy atom. The molecule has 0 saturated carbocycles. The van der Waals surface area contributed by atoms with Gasteiger partial charge in [0.25, 0.3) is 0 Å². The molecule has 0 radical (unpaired) electrons. The zero-order chi connectivity index (χ0) is 32.9. The van der Waals surface area contributed by atoms with Crippen LogP contribution in [0.4, 0.5) is 0 Å². The summed E-state index contributed by atoms with van der Waals surface area (Å²) in [5.41, 5.74) is 0. The van der Waals surface area contributed by atoms with E-state index >= 15 is 0 Å². The fraction of sp³-hybridized carbons (Fsp3) is 0.514. The van der Waals surface area contributed by atoms with Crippen LogP contribution in [0, 0.1) is 0 Å². The molecular formula is C37H67CuOP3SeSi+3. The van der Waals surface area contributed by atoms with E-state index in [9.17, 15) is 0 Å². The molecular weight excluding hydrogens is 724 g/mol. The van der Waals surface area contributed by atoms with Crippen molar-refractivity contribution in [2.75, 3.05) is 50.2 Å². The molecule has 0 heterocycles. The summed E-state index contributed by atoms with van der Waals surface area (Å²) in [5, 5.41) is 4.76. The molecule has 3 aromatic rings. The number of benzene rings is 3. The van der Waals surface area contributed by atoms with Gasteiger partial charge in [0.05, 0.1) is 52.9 Å². The van der Waals surface area contributed by atoms with E-state index in [0.717, 1.165) is 13.2 Å². The Balaban J connectivity index is -0.000000494. The predicted molar refractivity (Wildman–Crippen MR) is 218 cm³/mol. The van der Waals surface area contributed by atoms with E-state index in [0.29, 0.717) is 0 Å². The fourth-order valence-electron chi connectivity index (χ4n) is 4.20. The van der Waals surface area contributed by atoms with Gasteiger partial charge in [-0.25, -0.2) is 0 Å². The molecule has 0 aromatic heterocycles. The van der Waals surface area contributed by atoms with E-state index in [-0.39, 0.29) is 40.8 Å². The molecule has 0 fully saturated rings. The molecule has 0 N–H and O–H groups in total. The second-order valence-electron chi connectivity index (χ2n) is 10.9. The SMILES string of the molecule is CCOCC.CC[PH+](CC)c1ccccc1.CC[PH+](CC)c1ccccc1.CC[PH+](CC)c1ccccc1.C[Si](C)(C)[Se-].[Cu+]. The Labute approximate surface area is 297 Å². The molecule has 1 nitrogen and oxygen atoms in total. The molecule has 0 bridgehead atoms. The summed E-state index contributed by atoms with van der Waals surface area (Å²) in [6.45, 7) is 25.5. The second kappa shape index (κ2) is 33.1. The average Bonchev–Trinajstić information content (AvgIpc) is 3.01. The van der Waals surface area contributed by atoms with Crippen molar-refractivity contribution in [3.8, 4) is 0 Å². The number of ether oxygens (including phenoxy) is 1. The second-order valence-corrected chi connectivity index (χ2v) is 32.5. The van der Waals surface area contributed by atoms with Crippen LogP contribution < -0.4 is 15.9 Å². The quantitative estimate of drug-likeness (QED) is 0.139. The molecule has 7 heteroatoms. The first-order valence-electron chi connectivity index (χ1n) is 16.5. The summed E-state index contributed by atoms with van der Waals surface area (Å²) >= 11 is 3.12. The van der Waals surface area contributed by atoms with Crippen LogP contribution in [0.15, 0.2) is 91.0 Å². The van der Waals surface area contributed by atoms with Gasteiger partial charge in [0, 0.05) is 37.0 Å². The van der Waals surface area contributed by atoms with Crippen molar-refractivity contribution < 1.29 is 21.8 Å². The Morgan fingerprint density at radius 3 is 0.750 bits per heavy atom. The van der Waals surface area contributed by atoms with Crippen LogP contribution in [0.25, 0.3) is 0 Å². The minimum atomic E-state index is -0.736. The smallest absolute Gasteiger partial charge is 1.00 e. The molecule has 3 aromatic carbocycles. The van der Waals surface area contributed by atoms with Gasteiger partial charge in [-0.1, -0.05) is 54.6 Å². The van der Waals surface area contributed by atoms with Crippen molar-refractivity contribution in [2.24, 2.45) is 0 Å². The van der Waals surface area contributed by atoms with Gasteiger partial charge in [-0.3, -0.25) is 0 Å². The standard InChI is InChI=1S/3C10H15P.C4H10O.C3H9SeSi.Cu/c3*1-3-11(4-2)10-8-6-5-7-9-10;1-3-5-4-2;1-5(2,3)4;/h3*5-9H,3-4H2,1-2H3;3-4H2,1-2H3;1-3H3;/q;;;;-1;+1/p+3. The first-order chi connectivity index (χ1) is 20.6. The van der Waals surface area contributed by atoms with Gasteiger partial charge in [-0.15, -0.1) is 0 Å².